The normalized spacial score (nSPS) is 12.1. The van der Waals surface area contributed by atoms with Gasteiger partial charge in [0.1, 0.15) is 0 Å². The molecule has 1 N–H and O–H groups in total. The van der Waals surface area contributed by atoms with Gasteiger partial charge in [-0.25, -0.2) is 0 Å². The van der Waals surface area contributed by atoms with E-state index >= 15 is 0 Å². The summed E-state index contributed by atoms with van der Waals surface area (Å²) in [5, 5.41) is 2.80. The number of unbranched alkanes of at least 4 members (excludes halogenated alkanes) is 3. The van der Waals surface area contributed by atoms with E-state index in [0.29, 0.717) is 0 Å². The van der Waals surface area contributed by atoms with E-state index in [2.05, 4.69) is 25.7 Å². The number of amides is 1. The lowest BCUT2D eigenvalue weighted by Gasteiger charge is -2.10. The van der Waals surface area contributed by atoms with Gasteiger partial charge in [0.25, 0.3) is 0 Å². The topological polar surface area (TPSA) is 29.1 Å². The predicted molar refractivity (Wildman–Crippen MR) is 70.4 cm³/mol. The van der Waals surface area contributed by atoms with Crippen molar-refractivity contribution in [2.24, 2.45) is 5.92 Å². The Bertz CT molecular complexity index is 189. The van der Waals surface area contributed by atoms with Crippen molar-refractivity contribution in [3.63, 3.8) is 0 Å². The van der Waals surface area contributed by atoms with Gasteiger partial charge in [0.05, 0.1) is 0 Å². The molecule has 0 bridgehead atoms. The minimum Gasteiger partial charge on any atom is -0.353 e. The van der Waals surface area contributed by atoms with E-state index in [1.807, 2.05) is 0 Å². The van der Waals surface area contributed by atoms with Gasteiger partial charge in [-0.1, -0.05) is 59.0 Å². The van der Waals surface area contributed by atoms with Gasteiger partial charge in [0, 0.05) is 6.54 Å². The van der Waals surface area contributed by atoms with Crippen LogP contribution in [0.3, 0.4) is 0 Å². The summed E-state index contributed by atoms with van der Waals surface area (Å²) in [6.07, 6.45) is 10.3. The lowest BCUT2D eigenvalue weighted by atomic mass is 9.97. The second kappa shape index (κ2) is 10.7. The van der Waals surface area contributed by atoms with E-state index in [1.165, 1.54) is 44.6 Å². The molecule has 0 saturated carbocycles. The maximum absolute atomic E-state index is 10.9. The molecule has 0 heterocycles. The van der Waals surface area contributed by atoms with Crippen molar-refractivity contribution in [3.8, 4) is 0 Å². The molecule has 0 aromatic rings. The first-order chi connectivity index (χ1) is 7.70. The molecular formula is C14H27NO. The summed E-state index contributed by atoms with van der Waals surface area (Å²) >= 11 is 0. The van der Waals surface area contributed by atoms with Crippen molar-refractivity contribution >= 4 is 5.91 Å². The summed E-state index contributed by atoms with van der Waals surface area (Å²) in [6.45, 7) is 8.78. The maximum atomic E-state index is 10.9. The predicted octanol–water partition coefficient (Wildman–Crippen LogP) is 3.68. The molecule has 16 heavy (non-hydrogen) atoms. The van der Waals surface area contributed by atoms with Gasteiger partial charge in [-0.2, -0.15) is 0 Å². The van der Waals surface area contributed by atoms with E-state index in [-0.39, 0.29) is 5.91 Å². The fourth-order valence-corrected chi connectivity index (χ4v) is 1.79. The monoisotopic (exact) mass is 225 g/mol. The van der Waals surface area contributed by atoms with Crippen molar-refractivity contribution in [2.45, 2.75) is 58.8 Å². The van der Waals surface area contributed by atoms with E-state index in [4.69, 9.17) is 0 Å². The van der Waals surface area contributed by atoms with Crippen LogP contribution in [0.15, 0.2) is 12.7 Å². The first-order valence-corrected chi connectivity index (χ1v) is 6.61. The average Bonchev–Trinajstić information content (AvgIpc) is 2.28. The van der Waals surface area contributed by atoms with Crippen LogP contribution < -0.4 is 5.32 Å². The van der Waals surface area contributed by atoms with Gasteiger partial charge in [-0.05, 0) is 18.4 Å². The average molecular weight is 225 g/mol. The second-order valence-corrected chi connectivity index (χ2v) is 4.59. The Balaban J connectivity index is 3.23. The number of hydrogen-bond donors (Lipinski definition) is 1. The first kappa shape index (κ1) is 15.2. The van der Waals surface area contributed by atoms with Crippen molar-refractivity contribution in [1.29, 1.82) is 0 Å². The molecule has 0 aliphatic rings. The molecule has 0 aliphatic heterocycles. The zero-order valence-electron chi connectivity index (χ0n) is 10.9. The highest BCUT2D eigenvalue weighted by Gasteiger charge is 2.01. The van der Waals surface area contributed by atoms with Crippen LogP contribution in [-0.2, 0) is 4.79 Å². The molecule has 0 spiro atoms. The molecule has 94 valence electrons. The summed E-state index contributed by atoms with van der Waals surface area (Å²) < 4.78 is 0. The lowest BCUT2D eigenvalue weighted by molar-refractivity contribution is -0.116. The van der Waals surface area contributed by atoms with Crippen LogP contribution in [-0.4, -0.2) is 12.5 Å². The van der Waals surface area contributed by atoms with E-state index < -0.39 is 0 Å². The van der Waals surface area contributed by atoms with Crippen LogP contribution >= 0.6 is 0 Å². The molecule has 1 unspecified atom stereocenters. The molecular weight excluding hydrogens is 198 g/mol. The zero-order chi connectivity index (χ0) is 12.2. The Hall–Kier alpha value is -0.790. The quantitative estimate of drug-likeness (QED) is 0.446. The van der Waals surface area contributed by atoms with Gasteiger partial charge in [0.2, 0.25) is 5.91 Å². The largest absolute Gasteiger partial charge is 0.353 e. The molecule has 0 fully saturated rings. The molecule has 0 saturated heterocycles. The number of carbonyl (C=O) groups is 1. The standard InChI is InChI=1S/C14H27NO/c1-4-6-7-10-13(3)11-8-9-12-15-14(16)5-2/h5,13H,2,4,6-12H2,1,3H3,(H,15,16). The molecule has 2 nitrogen and oxygen atoms in total. The number of hydrogen-bond acceptors (Lipinski definition) is 1. The maximum Gasteiger partial charge on any atom is 0.243 e. The Kier molecular flexibility index (Phi) is 10.2. The van der Waals surface area contributed by atoms with Crippen LogP contribution in [0.2, 0.25) is 0 Å². The van der Waals surface area contributed by atoms with Crippen LogP contribution in [0, 0.1) is 5.92 Å². The van der Waals surface area contributed by atoms with Gasteiger partial charge in [0.15, 0.2) is 0 Å². The van der Waals surface area contributed by atoms with Crippen LogP contribution in [0.5, 0.6) is 0 Å². The highest BCUT2D eigenvalue weighted by molar-refractivity contribution is 5.86. The molecule has 1 atom stereocenters. The van der Waals surface area contributed by atoms with Crippen molar-refractivity contribution in [2.75, 3.05) is 6.54 Å². The number of rotatable bonds is 10. The van der Waals surface area contributed by atoms with Crippen LogP contribution in [0.1, 0.15) is 58.8 Å². The molecule has 0 rings (SSSR count). The molecule has 2 heteroatoms. The Morgan fingerprint density at radius 1 is 1.25 bits per heavy atom. The summed E-state index contributed by atoms with van der Waals surface area (Å²) in [5.74, 6) is 0.776. The van der Waals surface area contributed by atoms with E-state index in [0.717, 1.165) is 18.9 Å². The van der Waals surface area contributed by atoms with Gasteiger partial charge in [-0.15, -0.1) is 0 Å². The number of nitrogens with one attached hydrogen (secondary N) is 1. The molecule has 0 aromatic carbocycles. The number of carbonyl (C=O) groups excluding carboxylic acids is 1. The van der Waals surface area contributed by atoms with Crippen molar-refractivity contribution < 1.29 is 4.79 Å². The zero-order valence-corrected chi connectivity index (χ0v) is 10.9. The summed E-state index contributed by atoms with van der Waals surface area (Å²) in [7, 11) is 0. The second-order valence-electron chi connectivity index (χ2n) is 4.59. The van der Waals surface area contributed by atoms with Crippen LogP contribution in [0.25, 0.3) is 0 Å². The highest BCUT2D eigenvalue weighted by Crippen LogP contribution is 2.15. The van der Waals surface area contributed by atoms with Gasteiger partial charge >= 0.3 is 0 Å². The summed E-state index contributed by atoms with van der Waals surface area (Å²) in [5.41, 5.74) is 0. The van der Waals surface area contributed by atoms with Crippen molar-refractivity contribution in [3.05, 3.63) is 12.7 Å². The van der Waals surface area contributed by atoms with Gasteiger partial charge < -0.3 is 5.32 Å². The third kappa shape index (κ3) is 9.75. The minimum atomic E-state index is -0.0593. The lowest BCUT2D eigenvalue weighted by Crippen LogP contribution is -2.21. The highest BCUT2D eigenvalue weighted by atomic mass is 16.1. The summed E-state index contributed by atoms with van der Waals surface area (Å²) in [4.78, 5) is 10.9. The molecule has 1 amide bonds. The Morgan fingerprint density at radius 2 is 1.88 bits per heavy atom. The van der Waals surface area contributed by atoms with Gasteiger partial charge in [-0.3, -0.25) is 4.79 Å². The Labute approximate surface area is 101 Å². The van der Waals surface area contributed by atoms with Crippen LogP contribution in [0.4, 0.5) is 0 Å². The molecule has 0 aliphatic carbocycles. The van der Waals surface area contributed by atoms with E-state index in [1.54, 1.807) is 0 Å². The third-order valence-corrected chi connectivity index (χ3v) is 2.91. The Morgan fingerprint density at radius 3 is 2.44 bits per heavy atom. The SMILES string of the molecule is C=CC(=O)NCCCCC(C)CCCCC. The smallest absolute Gasteiger partial charge is 0.243 e. The first-order valence-electron chi connectivity index (χ1n) is 6.61. The fraction of sp³-hybridized carbons (Fsp3) is 0.786. The molecule has 0 aromatic heterocycles. The van der Waals surface area contributed by atoms with Crippen molar-refractivity contribution in [1.82, 2.24) is 5.32 Å². The fourth-order valence-electron chi connectivity index (χ4n) is 1.79. The summed E-state index contributed by atoms with van der Waals surface area (Å²) in [6, 6.07) is 0. The molecule has 0 radical (unpaired) electrons. The third-order valence-electron chi connectivity index (χ3n) is 2.91. The minimum absolute atomic E-state index is 0.0593. The van der Waals surface area contributed by atoms with E-state index in [9.17, 15) is 4.79 Å².